The summed E-state index contributed by atoms with van der Waals surface area (Å²) in [6.45, 7) is 3.23. The average Bonchev–Trinajstić information content (AvgIpc) is 2.40. The van der Waals surface area contributed by atoms with Crippen LogP contribution in [0.1, 0.15) is 11.3 Å². The minimum Gasteiger partial charge on any atom is -0.357 e. The molecule has 0 spiro atoms. The third kappa shape index (κ3) is 3.04. The zero-order valence-corrected chi connectivity index (χ0v) is 11.8. The molecule has 0 bridgehead atoms. The van der Waals surface area contributed by atoms with E-state index in [2.05, 4.69) is 20.6 Å². The molecule has 0 saturated heterocycles. The number of hydrogen-bond acceptors (Lipinski definition) is 6. The Balaban J connectivity index is 2.51. The van der Waals surface area contributed by atoms with Crippen molar-refractivity contribution in [2.24, 2.45) is 0 Å². The lowest BCUT2D eigenvalue weighted by Gasteiger charge is -2.11. The van der Waals surface area contributed by atoms with Crippen molar-refractivity contribution in [1.29, 1.82) is 0 Å². The lowest BCUT2D eigenvalue weighted by Crippen LogP contribution is -2.07. The standard InChI is InChI=1S/C13H14FN5O2/c1-7-6-9(14)4-5-10(7)17-12-11(19(20)21)8(2)16-13(15-3)18-12/h4-6H,1-3H3,(H2,15,16,17,18). The number of aryl methyl sites for hydroxylation is 2. The number of nitrogens with zero attached hydrogens (tertiary/aromatic N) is 3. The van der Waals surface area contributed by atoms with Crippen LogP contribution < -0.4 is 10.6 Å². The van der Waals surface area contributed by atoms with Crippen LogP contribution in [-0.4, -0.2) is 21.9 Å². The number of nitrogens with one attached hydrogen (secondary N) is 2. The van der Waals surface area contributed by atoms with E-state index in [4.69, 9.17) is 0 Å². The first-order valence-corrected chi connectivity index (χ1v) is 6.16. The largest absolute Gasteiger partial charge is 0.357 e. The van der Waals surface area contributed by atoms with Gasteiger partial charge >= 0.3 is 5.69 Å². The van der Waals surface area contributed by atoms with Gasteiger partial charge < -0.3 is 10.6 Å². The van der Waals surface area contributed by atoms with Gasteiger partial charge in [-0.3, -0.25) is 10.1 Å². The molecule has 2 rings (SSSR count). The molecule has 0 saturated carbocycles. The summed E-state index contributed by atoms with van der Waals surface area (Å²) in [6.07, 6.45) is 0. The van der Waals surface area contributed by atoms with Crippen molar-refractivity contribution in [1.82, 2.24) is 9.97 Å². The van der Waals surface area contributed by atoms with Crippen molar-refractivity contribution in [2.75, 3.05) is 17.7 Å². The summed E-state index contributed by atoms with van der Waals surface area (Å²) in [5, 5.41) is 16.8. The average molecular weight is 291 g/mol. The van der Waals surface area contributed by atoms with Gasteiger partial charge in [0, 0.05) is 12.7 Å². The fourth-order valence-corrected chi connectivity index (χ4v) is 1.88. The number of halogens is 1. The van der Waals surface area contributed by atoms with Gasteiger partial charge in [-0.25, -0.2) is 9.37 Å². The zero-order chi connectivity index (χ0) is 15.6. The molecule has 7 nitrogen and oxygen atoms in total. The van der Waals surface area contributed by atoms with E-state index < -0.39 is 4.92 Å². The van der Waals surface area contributed by atoms with E-state index in [0.29, 0.717) is 11.3 Å². The maximum Gasteiger partial charge on any atom is 0.332 e. The van der Waals surface area contributed by atoms with E-state index in [1.54, 1.807) is 14.0 Å². The summed E-state index contributed by atoms with van der Waals surface area (Å²) < 4.78 is 13.1. The summed E-state index contributed by atoms with van der Waals surface area (Å²) in [5.74, 6) is -0.0470. The number of anilines is 3. The van der Waals surface area contributed by atoms with Gasteiger partial charge in [-0.15, -0.1) is 0 Å². The maximum atomic E-state index is 13.1. The molecule has 2 aromatic rings. The molecule has 1 heterocycles. The lowest BCUT2D eigenvalue weighted by molar-refractivity contribution is -0.385. The van der Waals surface area contributed by atoms with Gasteiger partial charge in [0.15, 0.2) is 0 Å². The molecule has 0 atom stereocenters. The molecule has 2 N–H and O–H groups in total. The molecule has 0 unspecified atom stereocenters. The van der Waals surface area contributed by atoms with Gasteiger partial charge in [-0.2, -0.15) is 4.98 Å². The summed E-state index contributed by atoms with van der Waals surface area (Å²) >= 11 is 0. The second-order valence-corrected chi connectivity index (χ2v) is 4.42. The van der Waals surface area contributed by atoms with Gasteiger partial charge in [-0.05, 0) is 37.6 Å². The van der Waals surface area contributed by atoms with Crippen LogP contribution in [0.3, 0.4) is 0 Å². The highest BCUT2D eigenvalue weighted by atomic mass is 19.1. The fourth-order valence-electron chi connectivity index (χ4n) is 1.88. The van der Waals surface area contributed by atoms with Gasteiger partial charge in [0.2, 0.25) is 11.8 Å². The summed E-state index contributed by atoms with van der Waals surface area (Å²) in [4.78, 5) is 18.7. The maximum absolute atomic E-state index is 13.1. The zero-order valence-electron chi connectivity index (χ0n) is 11.8. The van der Waals surface area contributed by atoms with Crippen LogP contribution in [0.4, 0.5) is 27.5 Å². The molecule has 0 fully saturated rings. The Morgan fingerprint density at radius 2 is 2.00 bits per heavy atom. The van der Waals surface area contributed by atoms with Gasteiger partial charge in [0.25, 0.3) is 0 Å². The highest BCUT2D eigenvalue weighted by Crippen LogP contribution is 2.30. The van der Waals surface area contributed by atoms with Crippen molar-refractivity contribution in [3.63, 3.8) is 0 Å². The molecule has 0 aliphatic heterocycles. The Morgan fingerprint density at radius 3 is 2.57 bits per heavy atom. The molecule has 0 aliphatic rings. The molecule has 0 amide bonds. The van der Waals surface area contributed by atoms with Crippen molar-refractivity contribution in [3.05, 3.63) is 45.4 Å². The SMILES string of the molecule is CNc1nc(C)c([N+](=O)[O-])c(Nc2ccc(F)cc2C)n1. The van der Waals surface area contributed by atoms with E-state index in [1.807, 2.05) is 0 Å². The van der Waals surface area contributed by atoms with Crippen LogP contribution in [0.15, 0.2) is 18.2 Å². The number of benzene rings is 1. The van der Waals surface area contributed by atoms with Crippen LogP contribution in [0.5, 0.6) is 0 Å². The first-order chi connectivity index (χ1) is 9.92. The second kappa shape index (κ2) is 5.70. The third-order valence-electron chi connectivity index (χ3n) is 2.91. The van der Waals surface area contributed by atoms with Crippen molar-refractivity contribution in [2.45, 2.75) is 13.8 Å². The van der Waals surface area contributed by atoms with Gasteiger partial charge in [0.05, 0.1) is 4.92 Å². The number of hydrogen-bond donors (Lipinski definition) is 2. The number of aromatic nitrogens is 2. The van der Waals surface area contributed by atoms with Crippen molar-refractivity contribution < 1.29 is 9.31 Å². The second-order valence-electron chi connectivity index (χ2n) is 4.42. The topological polar surface area (TPSA) is 93.0 Å². The molecular weight excluding hydrogens is 277 g/mol. The van der Waals surface area contributed by atoms with E-state index in [0.717, 1.165) is 0 Å². The minimum atomic E-state index is -0.546. The monoisotopic (exact) mass is 291 g/mol. The van der Waals surface area contributed by atoms with Crippen LogP contribution in [0, 0.1) is 29.8 Å². The van der Waals surface area contributed by atoms with E-state index in [9.17, 15) is 14.5 Å². The first-order valence-electron chi connectivity index (χ1n) is 6.16. The molecule has 1 aromatic carbocycles. The summed E-state index contributed by atoms with van der Waals surface area (Å²) in [6, 6.07) is 4.11. The Labute approximate surface area is 120 Å². The predicted molar refractivity (Wildman–Crippen MR) is 77.4 cm³/mol. The minimum absolute atomic E-state index is 0.0616. The Bertz CT molecular complexity index is 705. The number of nitro groups is 1. The molecule has 21 heavy (non-hydrogen) atoms. The third-order valence-corrected chi connectivity index (χ3v) is 2.91. The highest BCUT2D eigenvalue weighted by molar-refractivity contribution is 5.69. The summed E-state index contributed by atoms with van der Waals surface area (Å²) in [7, 11) is 1.62. The van der Waals surface area contributed by atoms with E-state index >= 15 is 0 Å². The molecule has 1 aromatic heterocycles. The van der Waals surface area contributed by atoms with Crippen LogP contribution in [0.25, 0.3) is 0 Å². The normalized spacial score (nSPS) is 10.3. The quantitative estimate of drug-likeness (QED) is 0.664. The van der Waals surface area contributed by atoms with Gasteiger partial charge in [0.1, 0.15) is 11.5 Å². The molecule has 0 radical (unpaired) electrons. The van der Waals surface area contributed by atoms with Gasteiger partial charge in [-0.1, -0.05) is 0 Å². The Morgan fingerprint density at radius 1 is 1.29 bits per heavy atom. The number of rotatable bonds is 4. The molecular formula is C13H14FN5O2. The predicted octanol–water partition coefficient (Wildman–Crippen LogP) is 2.93. The first kappa shape index (κ1) is 14.6. The van der Waals surface area contributed by atoms with Crippen molar-refractivity contribution >= 4 is 23.1 Å². The fraction of sp³-hybridized carbons (Fsp3) is 0.231. The molecule has 8 heteroatoms. The Hall–Kier alpha value is -2.77. The molecule has 110 valence electrons. The highest BCUT2D eigenvalue weighted by Gasteiger charge is 2.22. The van der Waals surface area contributed by atoms with Crippen LogP contribution >= 0.6 is 0 Å². The Kier molecular flexibility index (Phi) is 3.97. The van der Waals surface area contributed by atoms with E-state index in [1.165, 1.54) is 25.1 Å². The smallest absolute Gasteiger partial charge is 0.332 e. The van der Waals surface area contributed by atoms with Crippen LogP contribution in [0.2, 0.25) is 0 Å². The summed E-state index contributed by atoms with van der Waals surface area (Å²) in [5.41, 5.74) is 1.19. The lowest BCUT2D eigenvalue weighted by atomic mass is 10.2. The van der Waals surface area contributed by atoms with Crippen molar-refractivity contribution in [3.8, 4) is 0 Å². The van der Waals surface area contributed by atoms with Crippen LogP contribution in [-0.2, 0) is 0 Å². The van der Waals surface area contributed by atoms with E-state index in [-0.39, 0.29) is 29.0 Å². The molecule has 0 aliphatic carbocycles.